The molecule has 0 saturated heterocycles. The van der Waals surface area contributed by atoms with Crippen molar-refractivity contribution in [3.05, 3.63) is 41.5 Å². The predicted molar refractivity (Wildman–Crippen MR) is 71.6 cm³/mol. The van der Waals surface area contributed by atoms with Gasteiger partial charge in [-0.15, -0.1) is 0 Å². The molecule has 0 radical (unpaired) electrons. The van der Waals surface area contributed by atoms with E-state index in [1.54, 1.807) is 18.2 Å². The number of phenols is 1. The van der Waals surface area contributed by atoms with E-state index < -0.39 is 5.97 Å². The van der Waals surface area contributed by atoms with Gasteiger partial charge in [-0.25, -0.2) is 4.79 Å². The number of para-hydroxylation sites is 1. The number of allylic oxidation sites excluding steroid dienone is 2. The highest BCUT2D eigenvalue weighted by atomic mass is 16.5. The Morgan fingerprint density at radius 3 is 2.67 bits per heavy atom. The maximum Gasteiger partial charge on any atom is 0.342 e. The third-order valence-electron chi connectivity index (χ3n) is 2.56. The molecule has 0 fully saturated rings. The number of ether oxygens (including phenoxy) is 1. The molecular weight excluding hydrogens is 228 g/mol. The van der Waals surface area contributed by atoms with Gasteiger partial charge in [-0.1, -0.05) is 23.8 Å². The van der Waals surface area contributed by atoms with Gasteiger partial charge in [0.15, 0.2) is 0 Å². The summed E-state index contributed by atoms with van der Waals surface area (Å²) in [5.41, 5.74) is 1.47. The molecule has 0 amide bonds. The fourth-order valence-corrected chi connectivity index (χ4v) is 1.56. The van der Waals surface area contributed by atoms with E-state index >= 15 is 0 Å². The quantitative estimate of drug-likeness (QED) is 0.638. The maximum atomic E-state index is 11.8. The molecule has 1 unspecified atom stereocenters. The molecule has 98 valence electrons. The van der Waals surface area contributed by atoms with Crippen LogP contribution in [-0.2, 0) is 4.74 Å². The normalized spacial score (nSPS) is 11.7. The maximum absolute atomic E-state index is 11.8. The Labute approximate surface area is 108 Å². The van der Waals surface area contributed by atoms with Gasteiger partial charge >= 0.3 is 5.97 Å². The third-order valence-corrected chi connectivity index (χ3v) is 2.56. The van der Waals surface area contributed by atoms with Crippen LogP contribution in [0.5, 0.6) is 5.75 Å². The SMILES string of the molecule is CC(C)=CCCC(C)OC(=O)c1ccccc1O. The number of carbonyl (C=O) groups excluding carboxylic acids is 1. The Balaban J connectivity index is 2.50. The standard InChI is InChI=1S/C15H20O3/c1-11(2)7-6-8-12(3)18-15(17)13-9-4-5-10-14(13)16/h4-5,7,9-10,12,16H,6,8H2,1-3H3. The van der Waals surface area contributed by atoms with E-state index in [1.165, 1.54) is 11.6 Å². The Kier molecular flexibility index (Phi) is 5.43. The number of carbonyl (C=O) groups is 1. The molecule has 1 N–H and O–H groups in total. The molecule has 0 bridgehead atoms. The van der Waals surface area contributed by atoms with E-state index in [0.717, 1.165) is 12.8 Å². The average Bonchev–Trinajstić information content (AvgIpc) is 2.28. The zero-order valence-corrected chi connectivity index (χ0v) is 11.1. The second-order valence-corrected chi connectivity index (χ2v) is 4.59. The molecular formula is C15H20O3. The number of phenolic OH excluding ortho intramolecular Hbond substituents is 1. The van der Waals surface area contributed by atoms with Crippen LogP contribution < -0.4 is 0 Å². The van der Waals surface area contributed by atoms with Crippen molar-refractivity contribution in [3.63, 3.8) is 0 Å². The Morgan fingerprint density at radius 2 is 2.06 bits per heavy atom. The van der Waals surface area contributed by atoms with Gasteiger partial charge in [0.1, 0.15) is 11.3 Å². The number of esters is 1. The number of rotatable bonds is 5. The largest absolute Gasteiger partial charge is 0.507 e. The molecule has 0 aromatic heterocycles. The van der Waals surface area contributed by atoms with E-state index in [0.29, 0.717) is 0 Å². The van der Waals surface area contributed by atoms with Crippen LogP contribution in [0.25, 0.3) is 0 Å². The molecule has 3 heteroatoms. The van der Waals surface area contributed by atoms with E-state index in [-0.39, 0.29) is 17.4 Å². The fourth-order valence-electron chi connectivity index (χ4n) is 1.56. The highest BCUT2D eigenvalue weighted by Crippen LogP contribution is 2.18. The van der Waals surface area contributed by atoms with E-state index in [9.17, 15) is 9.90 Å². The van der Waals surface area contributed by atoms with E-state index in [4.69, 9.17) is 4.74 Å². The van der Waals surface area contributed by atoms with Crippen molar-refractivity contribution < 1.29 is 14.6 Å². The van der Waals surface area contributed by atoms with Crippen molar-refractivity contribution in [2.45, 2.75) is 39.7 Å². The van der Waals surface area contributed by atoms with Gasteiger partial charge in [0.05, 0.1) is 6.10 Å². The minimum Gasteiger partial charge on any atom is -0.507 e. The van der Waals surface area contributed by atoms with Crippen molar-refractivity contribution >= 4 is 5.97 Å². The van der Waals surface area contributed by atoms with E-state index in [1.807, 2.05) is 20.8 Å². The van der Waals surface area contributed by atoms with Crippen LogP contribution in [0.15, 0.2) is 35.9 Å². The monoisotopic (exact) mass is 248 g/mol. The highest BCUT2D eigenvalue weighted by molar-refractivity contribution is 5.92. The summed E-state index contributed by atoms with van der Waals surface area (Å²) in [7, 11) is 0. The second-order valence-electron chi connectivity index (χ2n) is 4.59. The topological polar surface area (TPSA) is 46.5 Å². The molecule has 0 aliphatic rings. The summed E-state index contributed by atoms with van der Waals surface area (Å²) in [6.45, 7) is 5.94. The van der Waals surface area contributed by atoms with Crippen LogP contribution in [0.2, 0.25) is 0 Å². The van der Waals surface area contributed by atoms with Gasteiger partial charge in [0.2, 0.25) is 0 Å². The lowest BCUT2D eigenvalue weighted by atomic mass is 10.1. The first-order chi connectivity index (χ1) is 8.50. The van der Waals surface area contributed by atoms with Crippen LogP contribution >= 0.6 is 0 Å². The molecule has 1 atom stereocenters. The van der Waals surface area contributed by atoms with Gasteiger partial charge in [-0.3, -0.25) is 0 Å². The molecule has 3 nitrogen and oxygen atoms in total. The van der Waals surface area contributed by atoms with Crippen molar-refractivity contribution in [2.24, 2.45) is 0 Å². The van der Waals surface area contributed by atoms with Gasteiger partial charge in [0, 0.05) is 0 Å². The van der Waals surface area contributed by atoms with E-state index in [2.05, 4.69) is 6.08 Å². The van der Waals surface area contributed by atoms with Gasteiger partial charge in [-0.2, -0.15) is 0 Å². The molecule has 0 spiro atoms. The summed E-state index contributed by atoms with van der Waals surface area (Å²) in [6, 6.07) is 6.40. The van der Waals surface area contributed by atoms with Gasteiger partial charge in [0.25, 0.3) is 0 Å². The number of hydrogen-bond donors (Lipinski definition) is 1. The lowest BCUT2D eigenvalue weighted by Gasteiger charge is -2.12. The molecule has 0 aliphatic carbocycles. The summed E-state index contributed by atoms with van der Waals surface area (Å²) in [5.74, 6) is -0.517. The highest BCUT2D eigenvalue weighted by Gasteiger charge is 2.14. The first kappa shape index (κ1) is 14.3. The van der Waals surface area contributed by atoms with Crippen molar-refractivity contribution in [1.29, 1.82) is 0 Å². The van der Waals surface area contributed by atoms with Crippen LogP contribution in [-0.4, -0.2) is 17.2 Å². The zero-order chi connectivity index (χ0) is 13.5. The van der Waals surface area contributed by atoms with Crippen molar-refractivity contribution in [3.8, 4) is 5.75 Å². The Bertz CT molecular complexity index is 431. The Morgan fingerprint density at radius 1 is 1.39 bits per heavy atom. The van der Waals surface area contributed by atoms with Crippen LogP contribution in [0.1, 0.15) is 44.0 Å². The molecule has 0 saturated carbocycles. The fraction of sp³-hybridized carbons (Fsp3) is 0.400. The number of benzene rings is 1. The van der Waals surface area contributed by atoms with Gasteiger partial charge in [-0.05, 0) is 45.7 Å². The predicted octanol–water partition coefficient (Wildman–Crippen LogP) is 3.68. The number of aromatic hydroxyl groups is 1. The Hall–Kier alpha value is -1.77. The molecule has 1 aromatic rings. The van der Waals surface area contributed by atoms with Crippen LogP contribution in [0, 0.1) is 0 Å². The first-order valence-corrected chi connectivity index (χ1v) is 6.13. The van der Waals surface area contributed by atoms with Gasteiger partial charge < -0.3 is 9.84 Å². The number of hydrogen-bond acceptors (Lipinski definition) is 3. The average molecular weight is 248 g/mol. The minimum absolute atomic E-state index is 0.0426. The summed E-state index contributed by atoms with van der Waals surface area (Å²) < 4.78 is 5.27. The third kappa shape index (κ3) is 4.62. The summed E-state index contributed by atoms with van der Waals surface area (Å²) in [6.07, 6.45) is 3.62. The summed E-state index contributed by atoms with van der Waals surface area (Å²) in [5, 5.41) is 9.53. The molecule has 0 heterocycles. The zero-order valence-electron chi connectivity index (χ0n) is 11.1. The second kappa shape index (κ2) is 6.84. The molecule has 1 aromatic carbocycles. The molecule has 0 aliphatic heterocycles. The first-order valence-electron chi connectivity index (χ1n) is 6.13. The van der Waals surface area contributed by atoms with Crippen LogP contribution in [0.3, 0.4) is 0 Å². The lowest BCUT2D eigenvalue weighted by Crippen LogP contribution is -2.14. The minimum atomic E-state index is -0.474. The molecule has 1 rings (SSSR count). The summed E-state index contributed by atoms with van der Waals surface area (Å²) >= 11 is 0. The molecule has 18 heavy (non-hydrogen) atoms. The smallest absolute Gasteiger partial charge is 0.342 e. The lowest BCUT2D eigenvalue weighted by molar-refractivity contribution is 0.0323. The summed E-state index contributed by atoms with van der Waals surface area (Å²) in [4.78, 5) is 11.8. The van der Waals surface area contributed by atoms with Crippen LogP contribution in [0.4, 0.5) is 0 Å². The van der Waals surface area contributed by atoms with Crippen molar-refractivity contribution in [2.75, 3.05) is 0 Å². The van der Waals surface area contributed by atoms with Crippen molar-refractivity contribution in [1.82, 2.24) is 0 Å².